The van der Waals surface area contributed by atoms with Crippen LogP contribution in [0.3, 0.4) is 0 Å². The molecule has 0 aromatic heterocycles. The van der Waals surface area contributed by atoms with E-state index in [1.165, 1.54) is 44.1 Å². The van der Waals surface area contributed by atoms with Gasteiger partial charge >= 0.3 is 11.9 Å². The summed E-state index contributed by atoms with van der Waals surface area (Å²) in [6, 6.07) is 18.8. The number of allylic oxidation sites excluding steroid dienone is 2. The zero-order valence-electron chi connectivity index (χ0n) is 30.0. The Bertz CT molecular complexity index is 1440. The Morgan fingerprint density at radius 1 is 0.787 bits per heavy atom. The van der Waals surface area contributed by atoms with Crippen LogP contribution in [-0.2, 0) is 9.47 Å². The molecule has 0 saturated heterocycles. The molecule has 4 heteroatoms. The average molecular weight is 639 g/mol. The summed E-state index contributed by atoms with van der Waals surface area (Å²) in [6.07, 6.45) is 12.3. The quantitative estimate of drug-likeness (QED) is 0.213. The van der Waals surface area contributed by atoms with Crippen LogP contribution < -0.4 is 0 Å². The number of rotatable bonds is 8. The molecule has 2 aromatic carbocycles. The first-order chi connectivity index (χ1) is 22.4. The largest absolute Gasteiger partial charge is 0.458 e. The zero-order chi connectivity index (χ0) is 33.6. The lowest BCUT2D eigenvalue weighted by atomic mass is 9.40. The lowest BCUT2D eigenvalue weighted by Crippen LogP contribution is -2.64. The van der Waals surface area contributed by atoms with Gasteiger partial charge in [-0.1, -0.05) is 82.7 Å². The molecule has 6 rings (SSSR count). The highest BCUT2D eigenvalue weighted by molar-refractivity contribution is 5.90. The van der Waals surface area contributed by atoms with Gasteiger partial charge in [-0.15, -0.1) is 0 Å². The van der Waals surface area contributed by atoms with Crippen LogP contribution in [0, 0.1) is 51.8 Å². The predicted octanol–water partition coefficient (Wildman–Crippen LogP) is 10.7. The minimum atomic E-state index is -0.359. The Hall–Kier alpha value is -2.88. The Labute approximate surface area is 284 Å². The van der Waals surface area contributed by atoms with E-state index in [0.717, 1.165) is 25.2 Å². The fourth-order valence-electron chi connectivity index (χ4n) is 11.9. The molecule has 0 amide bonds. The van der Waals surface area contributed by atoms with Crippen molar-refractivity contribution in [2.24, 2.45) is 51.8 Å². The van der Waals surface area contributed by atoms with Crippen LogP contribution in [0.15, 0.2) is 72.3 Å². The number of hydrogen-bond donors (Lipinski definition) is 0. The molecule has 2 aromatic rings. The Morgan fingerprint density at radius 3 is 1.98 bits per heavy atom. The lowest BCUT2D eigenvalue weighted by Gasteiger charge is -2.66. The molecular formula is C43H58O4. The molecule has 4 aliphatic carbocycles. The van der Waals surface area contributed by atoms with Crippen molar-refractivity contribution in [1.82, 2.24) is 0 Å². The van der Waals surface area contributed by atoms with Crippen molar-refractivity contribution in [3.05, 3.63) is 83.4 Å². The maximum Gasteiger partial charge on any atom is 0.338 e. The second kappa shape index (κ2) is 13.2. The van der Waals surface area contributed by atoms with Crippen LogP contribution in [0.2, 0.25) is 0 Å². The smallest absolute Gasteiger partial charge is 0.338 e. The molecule has 10 unspecified atom stereocenters. The molecule has 47 heavy (non-hydrogen) atoms. The van der Waals surface area contributed by atoms with E-state index in [0.29, 0.717) is 40.2 Å². The van der Waals surface area contributed by atoms with Crippen molar-refractivity contribution in [2.45, 2.75) is 118 Å². The van der Waals surface area contributed by atoms with Crippen LogP contribution in [0.25, 0.3) is 0 Å². The van der Waals surface area contributed by atoms with Crippen molar-refractivity contribution >= 4 is 11.9 Å². The van der Waals surface area contributed by atoms with Gasteiger partial charge in [0.25, 0.3) is 0 Å². The SMILES string of the molecule is CC(C)=CCCC(C)C1CCC2C3CC(OC(=O)c4ccccc4)C4C(C)(C)C(OC(=O)c5ccccc5)CCC4(C)C3CCC12C. The molecular weight excluding hydrogens is 580 g/mol. The summed E-state index contributed by atoms with van der Waals surface area (Å²) in [6.45, 7) is 16.6. The monoisotopic (exact) mass is 638 g/mol. The van der Waals surface area contributed by atoms with Crippen molar-refractivity contribution < 1.29 is 19.1 Å². The molecule has 0 heterocycles. The van der Waals surface area contributed by atoms with E-state index in [2.05, 4.69) is 54.5 Å². The number of carbonyl (C=O) groups is 2. The van der Waals surface area contributed by atoms with Crippen molar-refractivity contribution in [3.63, 3.8) is 0 Å². The van der Waals surface area contributed by atoms with E-state index < -0.39 is 0 Å². The zero-order valence-corrected chi connectivity index (χ0v) is 30.0. The van der Waals surface area contributed by atoms with Gasteiger partial charge in [-0.3, -0.25) is 0 Å². The van der Waals surface area contributed by atoms with Gasteiger partial charge < -0.3 is 9.47 Å². The standard InChI is InChI=1S/C43H58O4/c1-28(2)15-14-16-29(3)33-21-22-34-32-27-36(46-39(44)30-17-10-8-11-18-30)38-41(4,5)37(47-40(45)31-19-12-9-13-20-31)24-26-43(38,7)35(32)23-25-42(33,34)6/h8-13,15,17-20,29,32-38H,14,16,21-27H2,1-7H3. The van der Waals surface area contributed by atoms with Crippen molar-refractivity contribution in [2.75, 3.05) is 0 Å². The molecule has 10 atom stereocenters. The van der Waals surface area contributed by atoms with Gasteiger partial charge in [0.05, 0.1) is 11.1 Å². The van der Waals surface area contributed by atoms with E-state index >= 15 is 0 Å². The predicted molar refractivity (Wildman–Crippen MR) is 189 cm³/mol. The molecule has 4 saturated carbocycles. The molecule has 0 radical (unpaired) electrons. The molecule has 0 aliphatic heterocycles. The first kappa shape index (κ1) is 34.0. The minimum absolute atomic E-state index is 0.00180. The summed E-state index contributed by atoms with van der Waals surface area (Å²) >= 11 is 0. The van der Waals surface area contributed by atoms with Crippen LogP contribution in [0.1, 0.15) is 127 Å². The summed E-state index contributed by atoms with van der Waals surface area (Å²) in [5.74, 6) is 2.85. The van der Waals surface area contributed by atoms with Crippen molar-refractivity contribution in [3.8, 4) is 0 Å². The van der Waals surface area contributed by atoms with Crippen LogP contribution in [0.5, 0.6) is 0 Å². The lowest BCUT2D eigenvalue weighted by molar-refractivity contribution is -0.219. The first-order valence-corrected chi connectivity index (χ1v) is 18.5. The second-order valence-corrected chi connectivity index (χ2v) is 17.1. The molecule has 254 valence electrons. The number of esters is 2. The molecule has 0 spiro atoms. The minimum Gasteiger partial charge on any atom is -0.458 e. The van der Waals surface area contributed by atoms with Crippen LogP contribution in [-0.4, -0.2) is 24.1 Å². The number of hydrogen-bond acceptors (Lipinski definition) is 4. The molecule has 4 fully saturated rings. The van der Waals surface area contributed by atoms with Crippen LogP contribution >= 0.6 is 0 Å². The Kier molecular flexibility index (Phi) is 9.55. The first-order valence-electron chi connectivity index (χ1n) is 18.5. The number of benzene rings is 2. The number of ether oxygens (including phenoxy) is 2. The summed E-state index contributed by atoms with van der Waals surface area (Å²) in [5, 5.41) is 0. The molecule has 0 bridgehead atoms. The van der Waals surface area contributed by atoms with Gasteiger partial charge in [0.1, 0.15) is 12.2 Å². The van der Waals surface area contributed by atoms with Gasteiger partial charge in [0, 0.05) is 11.3 Å². The van der Waals surface area contributed by atoms with Gasteiger partial charge in [-0.2, -0.15) is 0 Å². The molecule has 4 aliphatic rings. The third-order valence-corrected chi connectivity index (χ3v) is 13.9. The third kappa shape index (κ3) is 6.24. The number of carbonyl (C=O) groups excluding carboxylic acids is 2. The van der Waals surface area contributed by atoms with Crippen LogP contribution in [0.4, 0.5) is 0 Å². The fraction of sp³-hybridized carbons (Fsp3) is 0.628. The average Bonchev–Trinajstić information content (AvgIpc) is 3.40. The maximum absolute atomic E-state index is 13.8. The number of fused-ring (bicyclic) bond motifs is 5. The van der Waals surface area contributed by atoms with E-state index in [1.807, 2.05) is 60.7 Å². The highest BCUT2D eigenvalue weighted by atomic mass is 16.6. The highest BCUT2D eigenvalue weighted by Gasteiger charge is 2.67. The summed E-state index contributed by atoms with van der Waals surface area (Å²) in [4.78, 5) is 27.1. The van der Waals surface area contributed by atoms with Gasteiger partial charge in [0.2, 0.25) is 0 Å². The summed E-state index contributed by atoms with van der Waals surface area (Å²) in [7, 11) is 0. The normalized spacial score (nSPS) is 36.2. The molecule has 4 nitrogen and oxygen atoms in total. The van der Waals surface area contributed by atoms with E-state index in [9.17, 15) is 9.59 Å². The topological polar surface area (TPSA) is 52.6 Å². The molecule has 0 N–H and O–H groups in total. The Morgan fingerprint density at radius 2 is 1.36 bits per heavy atom. The van der Waals surface area contributed by atoms with E-state index in [1.54, 1.807) is 0 Å². The van der Waals surface area contributed by atoms with E-state index in [4.69, 9.17) is 9.47 Å². The van der Waals surface area contributed by atoms with Gasteiger partial charge in [0.15, 0.2) is 0 Å². The van der Waals surface area contributed by atoms with Gasteiger partial charge in [-0.25, -0.2) is 9.59 Å². The van der Waals surface area contributed by atoms with Gasteiger partial charge in [-0.05, 0) is 136 Å². The third-order valence-electron chi connectivity index (χ3n) is 13.9. The summed E-state index contributed by atoms with van der Waals surface area (Å²) in [5.41, 5.74) is 2.59. The Balaban J connectivity index is 1.30. The highest BCUT2D eigenvalue weighted by Crippen LogP contribution is 2.71. The van der Waals surface area contributed by atoms with Crippen molar-refractivity contribution in [1.29, 1.82) is 0 Å². The summed E-state index contributed by atoms with van der Waals surface area (Å²) < 4.78 is 13.0. The van der Waals surface area contributed by atoms with E-state index in [-0.39, 0.29) is 40.9 Å². The second-order valence-electron chi connectivity index (χ2n) is 17.1. The fourth-order valence-corrected chi connectivity index (χ4v) is 11.9. The maximum atomic E-state index is 13.8.